The van der Waals surface area contributed by atoms with Gasteiger partial charge in [0.15, 0.2) is 0 Å². The van der Waals surface area contributed by atoms with Crippen molar-refractivity contribution in [3.63, 3.8) is 0 Å². The summed E-state index contributed by atoms with van der Waals surface area (Å²) >= 11 is 0. The van der Waals surface area contributed by atoms with E-state index >= 15 is 0 Å². The minimum absolute atomic E-state index is 0.432. The molecule has 0 aliphatic heterocycles. The minimum atomic E-state index is 0.432. The minimum Gasteiger partial charge on any atom is -0.328 e. The van der Waals surface area contributed by atoms with Crippen molar-refractivity contribution in [2.45, 2.75) is 51.6 Å². The molecule has 2 N–H and O–H groups in total. The van der Waals surface area contributed by atoms with Crippen LogP contribution in [0.4, 0.5) is 0 Å². The number of fused-ring (bicyclic) bond motifs is 1. The quantitative estimate of drug-likeness (QED) is 0.918. The van der Waals surface area contributed by atoms with E-state index in [0.717, 1.165) is 24.4 Å². The van der Waals surface area contributed by atoms with Crippen LogP contribution in [0, 0.1) is 5.92 Å². The molecule has 0 unspecified atom stereocenters. The summed E-state index contributed by atoms with van der Waals surface area (Å²) in [5.74, 6) is 2.02. The predicted molar refractivity (Wildman–Crippen MR) is 79.0 cm³/mol. The van der Waals surface area contributed by atoms with Crippen LogP contribution >= 0.6 is 0 Å². The van der Waals surface area contributed by atoms with Gasteiger partial charge in [-0.05, 0) is 50.7 Å². The number of rotatable bonds is 3. The number of benzene rings is 1. The van der Waals surface area contributed by atoms with Crippen LogP contribution in [0.5, 0.6) is 0 Å². The van der Waals surface area contributed by atoms with Gasteiger partial charge in [0, 0.05) is 19.0 Å². The normalized spacial score (nSPS) is 23.9. The van der Waals surface area contributed by atoms with E-state index in [2.05, 4.69) is 35.8 Å². The zero-order valence-corrected chi connectivity index (χ0v) is 11.7. The van der Waals surface area contributed by atoms with Crippen molar-refractivity contribution in [3.8, 4) is 0 Å². The van der Waals surface area contributed by atoms with E-state index in [1.54, 1.807) is 0 Å². The summed E-state index contributed by atoms with van der Waals surface area (Å²) in [6, 6.07) is 8.88. The molecule has 1 aliphatic rings. The van der Waals surface area contributed by atoms with Crippen LogP contribution in [0.25, 0.3) is 11.0 Å². The van der Waals surface area contributed by atoms with Gasteiger partial charge < -0.3 is 10.3 Å². The van der Waals surface area contributed by atoms with Crippen LogP contribution in [-0.2, 0) is 13.0 Å². The number of nitrogens with zero attached hydrogens (tertiary/aromatic N) is 2. The van der Waals surface area contributed by atoms with Crippen LogP contribution in [0.3, 0.4) is 0 Å². The summed E-state index contributed by atoms with van der Waals surface area (Å²) < 4.78 is 2.36. The number of nitrogens with two attached hydrogens (primary N) is 1. The highest BCUT2D eigenvalue weighted by molar-refractivity contribution is 5.75. The zero-order valence-electron chi connectivity index (χ0n) is 11.7. The summed E-state index contributed by atoms with van der Waals surface area (Å²) in [5.41, 5.74) is 8.39. The first-order valence-electron chi connectivity index (χ1n) is 7.47. The molecule has 0 amide bonds. The van der Waals surface area contributed by atoms with Gasteiger partial charge in [-0.2, -0.15) is 0 Å². The lowest BCUT2D eigenvalue weighted by molar-refractivity contribution is 0.319. The molecule has 3 nitrogen and oxygen atoms in total. The van der Waals surface area contributed by atoms with Gasteiger partial charge in [-0.3, -0.25) is 0 Å². The van der Waals surface area contributed by atoms with Crippen LogP contribution in [0.15, 0.2) is 24.3 Å². The third-order valence-corrected chi connectivity index (χ3v) is 4.41. The van der Waals surface area contributed by atoms with Gasteiger partial charge in [-0.1, -0.05) is 12.1 Å². The van der Waals surface area contributed by atoms with Crippen molar-refractivity contribution in [2.24, 2.45) is 11.7 Å². The molecule has 2 aromatic rings. The second-order valence-corrected chi connectivity index (χ2v) is 5.75. The molecule has 0 radical (unpaired) electrons. The number of imidazole rings is 1. The monoisotopic (exact) mass is 257 g/mol. The average molecular weight is 257 g/mol. The predicted octanol–water partition coefficient (Wildman–Crippen LogP) is 3.12. The molecule has 1 fully saturated rings. The van der Waals surface area contributed by atoms with E-state index in [1.165, 1.54) is 37.0 Å². The van der Waals surface area contributed by atoms with Gasteiger partial charge in [-0.25, -0.2) is 4.98 Å². The number of hydrogen-bond acceptors (Lipinski definition) is 2. The van der Waals surface area contributed by atoms with Crippen LogP contribution < -0.4 is 5.73 Å². The van der Waals surface area contributed by atoms with Crippen molar-refractivity contribution >= 4 is 11.0 Å². The van der Waals surface area contributed by atoms with Crippen molar-refractivity contribution in [3.05, 3.63) is 30.1 Å². The van der Waals surface area contributed by atoms with Crippen LogP contribution in [0.1, 0.15) is 38.4 Å². The number of para-hydroxylation sites is 2. The van der Waals surface area contributed by atoms with Crippen molar-refractivity contribution < 1.29 is 0 Å². The Kier molecular flexibility index (Phi) is 3.56. The van der Waals surface area contributed by atoms with Gasteiger partial charge in [0.1, 0.15) is 5.82 Å². The molecular weight excluding hydrogens is 234 g/mol. The molecule has 1 aromatic heterocycles. The molecule has 0 spiro atoms. The van der Waals surface area contributed by atoms with E-state index in [1.807, 2.05) is 0 Å². The Bertz CT molecular complexity index is 550. The SMILES string of the molecule is CCn1c(CC2CCC(N)CC2)nc2ccccc21. The lowest BCUT2D eigenvalue weighted by Crippen LogP contribution is -2.27. The van der Waals surface area contributed by atoms with Crippen LogP contribution in [-0.4, -0.2) is 15.6 Å². The molecular formula is C16H23N3. The molecule has 19 heavy (non-hydrogen) atoms. The third kappa shape index (κ3) is 2.52. The Morgan fingerprint density at radius 2 is 1.95 bits per heavy atom. The summed E-state index contributed by atoms with van der Waals surface area (Å²) in [4.78, 5) is 4.83. The standard InChI is InChI=1S/C16H23N3/c1-2-19-15-6-4-3-5-14(15)18-16(19)11-12-7-9-13(17)10-8-12/h3-6,12-13H,2,7-11,17H2,1H3. The van der Waals surface area contributed by atoms with Crippen molar-refractivity contribution in [2.75, 3.05) is 0 Å². The van der Waals surface area contributed by atoms with E-state index in [4.69, 9.17) is 10.7 Å². The van der Waals surface area contributed by atoms with Gasteiger partial charge in [0.25, 0.3) is 0 Å². The van der Waals surface area contributed by atoms with Gasteiger partial charge in [0.05, 0.1) is 11.0 Å². The lowest BCUT2D eigenvalue weighted by Gasteiger charge is -2.25. The summed E-state index contributed by atoms with van der Waals surface area (Å²) in [6.07, 6.45) is 5.98. The second-order valence-electron chi connectivity index (χ2n) is 5.75. The smallest absolute Gasteiger partial charge is 0.110 e. The number of aromatic nitrogens is 2. The summed E-state index contributed by atoms with van der Waals surface area (Å²) in [7, 11) is 0. The van der Waals surface area contributed by atoms with E-state index in [0.29, 0.717) is 6.04 Å². The largest absolute Gasteiger partial charge is 0.328 e. The molecule has 102 valence electrons. The fourth-order valence-corrected chi connectivity index (χ4v) is 3.28. The Morgan fingerprint density at radius 1 is 1.21 bits per heavy atom. The zero-order chi connectivity index (χ0) is 13.2. The van der Waals surface area contributed by atoms with Gasteiger partial charge >= 0.3 is 0 Å². The second kappa shape index (κ2) is 5.33. The fourth-order valence-electron chi connectivity index (χ4n) is 3.28. The maximum absolute atomic E-state index is 5.99. The van der Waals surface area contributed by atoms with Gasteiger partial charge in [0.2, 0.25) is 0 Å². The first kappa shape index (κ1) is 12.7. The fraction of sp³-hybridized carbons (Fsp3) is 0.562. The van der Waals surface area contributed by atoms with E-state index in [9.17, 15) is 0 Å². The van der Waals surface area contributed by atoms with Gasteiger partial charge in [-0.15, -0.1) is 0 Å². The average Bonchev–Trinajstić information content (AvgIpc) is 2.78. The molecule has 1 saturated carbocycles. The number of hydrogen-bond donors (Lipinski definition) is 1. The van der Waals surface area contributed by atoms with Crippen molar-refractivity contribution in [1.82, 2.24) is 9.55 Å². The molecule has 1 aromatic carbocycles. The Hall–Kier alpha value is -1.35. The van der Waals surface area contributed by atoms with E-state index in [-0.39, 0.29) is 0 Å². The topological polar surface area (TPSA) is 43.8 Å². The Balaban J connectivity index is 1.84. The highest BCUT2D eigenvalue weighted by Crippen LogP contribution is 2.27. The number of aryl methyl sites for hydroxylation is 1. The molecule has 1 aliphatic carbocycles. The molecule has 3 heteroatoms. The maximum atomic E-state index is 5.99. The third-order valence-electron chi connectivity index (χ3n) is 4.41. The molecule has 0 saturated heterocycles. The maximum Gasteiger partial charge on any atom is 0.110 e. The summed E-state index contributed by atoms with van der Waals surface area (Å²) in [5, 5.41) is 0. The first-order valence-corrected chi connectivity index (χ1v) is 7.47. The molecule has 1 heterocycles. The van der Waals surface area contributed by atoms with Crippen molar-refractivity contribution in [1.29, 1.82) is 0 Å². The molecule has 0 bridgehead atoms. The van der Waals surface area contributed by atoms with Crippen LogP contribution in [0.2, 0.25) is 0 Å². The van der Waals surface area contributed by atoms with E-state index < -0.39 is 0 Å². The Labute approximate surface area is 114 Å². The summed E-state index contributed by atoms with van der Waals surface area (Å²) in [6.45, 7) is 3.20. The molecule has 3 rings (SSSR count). The molecule has 0 atom stereocenters. The lowest BCUT2D eigenvalue weighted by atomic mass is 9.84. The highest BCUT2D eigenvalue weighted by Gasteiger charge is 2.21. The first-order chi connectivity index (χ1) is 9.28. The highest BCUT2D eigenvalue weighted by atomic mass is 15.1. The Morgan fingerprint density at radius 3 is 2.68 bits per heavy atom.